The van der Waals surface area contributed by atoms with Gasteiger partial charge >= 0.3 is 0 Å². The second-order valence-electron chi connectivity index (χ2n) is 4.67. The number of nitrogens with two attached hydrogens (primary N) is 1. The van der Waals surface area contributed by atoms with Crippen LogP contribution >= 0.6 is 11.6 Å². The Morgan fingerprint density at radius 2 is 2.00 bits per heavy atom. The first-order chi connectivity index (χ1) is 9.67. The predicted molar refractivity (Wildman–Crippen MR) is 81.6 cm³/mol. The second-order valence-corrected chi connectivity index (χ2v) is 5.11. The Hall–Kier alpha value is -2.44. The zero-order valence-corrected chi connectivity index (χ0v) is 11.4. The van der Waals surface area contributed by atoms with Gasteiger partial charge in [-0.25, -0.2) is 0 Å². The lowest BCUT2D eigenvalue weighted by molar-refractivity contribution is 0.839. The van der Waals surface area contributed by atoms with E-state index in [1.54, 1.807) is 6.07 Å². The Morgan fingerprint density at radius 1 is 1.15 bits per heavy atom. The van der Waals surface area contributed by atoms with Gasteiger partial charge in [0.15, 0.2) is 0 Å². The molecule has 0 unspecified atom stereocenters. The van der Waals surface area contributed by atoms with Gasteiger partial charge in [-0.15, -0.1) is 0 Å². The van der Waals surface area contributed by atoms with Gasteiger partial charge in [0.2, 0.25) is 0 Å². The van der Waals surface area contributed by atoms with Crippen molar-refractivity contribution in [1.29, 1.82) is 5.26 Å². The zero-order valence-electron chi connectivity index (χ0n) is 10.7. The topological polar surface area (TPSA) is 54.7 Å². The number of nitrogen functional groups attached to an aromatic ring is 1. The number of aromatic nitrogens is 1. The van der Waals surface area contributed by atoms with E-state index < -0.39 is 0 Å². The fourth-order valence-electron chi connectivity index (χ4n) is 2.28. The minimum Gasteiger partial charge on any atom is -0.398 e. The lowest BCUT2D eigenvalue weighted by atomic mass is 10.1. The molecule has 1 aromatic heterocycles. The molecule has 0 aliphatic heterocycles. The summed E-state index contributed by atoms with van der Waals surface area (Å²) >= 11 is 5.91. The maximum atomic E-state index is 9.00. The average molecular weight is 282 g/mol. The first-order valence-corrected chi connectivity index (χ1v) is 6.58. The number of nitrogens with zero attached hydrogens (tertiary/aromatic N) is 2. The van der Waals surface area contributed by atoms with Crippen molar-refractivity contribution >= 4 is 28.2 Å². The third-order valence-electron chi connectivity index (χ3n) is 3.35. The fourth-order valence-corrected chi connectivity index (χ4v) is 2.47. The van der Waals surface area contributed by atoms with Crippen LogP contribution in [0.5, 0.6) is 0 Å². The van der Waals surface area contributed by atoms with E-state index in [1.165, 1.54) is 0 Å². The molecular formula is C16H12ClN3. The molecule has 0 saturated heterocycles. The smallest absolute Gasteiger partial charge is 0.0992 e. The molecule has 3 nitrogen and oxygen atoms in total. The highest BCUT2D eigenvalue weighted by atomic mass is 35.5. The Labute approximate surface area is 121 Å². The number of rotatable bonds is 2. The van der Waals surface area contributed by atoms with Crippen molar-refractivity contribution in [1.82, 2.24) is 4.57 Å². The molecule has 0 aliphatic rings. The molecule has 0 atom stereocenters. The van der Waals surface area contributed by atoms with Gasteiger partial charge in [-0.05, 0) is 41.3 Å². The summed E-state index contributed by atoms with van der Waals surface area (Å²) in [6.07, 6.45) is 2.00. The van der Waals surface area contributed by atoms with Crippen LogP contribution in [0.2, 0.25) is 5.02 Å². The molecule has 2 N–H and O–H groups in total. The Kier molecular flexibility index (Phi) is 3.09. The molecular weight excluding hydrogens is 270 g/mol. The lowest BCUT2D eigenvalue weighted by Crippen LogP contribution is -2.01. The van der Waals surface area contributed by atoms with E-state index in [1.807, 2.05) is 42.6 Å². The minimum atomic E-state index is 0.635. The normalized spacial score (nSPS) is 10.6. The van der Waals surface area contributed by atoms with Crippen LogP contribution in [0.25, 0.3) is 10.9 Å². The van der Waals surface area contributed by atoms with Crippen LogP contribution in [-0.4, -0.2) is 4.57 Å². The highest BCUT2D eigenvalue weighted by Crippen LogP contribution is 2.22. The van der Waals surface area contributed by atoms with Gasteiger partial charge in [-0.1, -0.05) is 23.7 Å². The van der Waals surface area contributed by atoms with Gasteiger partial charge in [0.1, 0.15) is 0 Å². The summed E-state index contributed by atoms with van der Waals surface area (Å²) < 4.78 is 2.08. The van der Waals surface area contributed by atoms with Gasteiger partial charge in [0.25, 0.3) is 0 Å². The molecule has 0 aliphatic carbocycles. The van der Waals surface area contributed by atoms with Gasteiger partial charge in [-0.2, -0.15) is 5.26 Å². The number of fused-ring (bicyclic) bond motifs is 1. The van der Waals surface area contributed by atoms with Crippen molar-refractivity contribution in [2.45, 2.75) is 6.54 Å². The summed E-state index contributed by atoms with van der Waals surface area (Å²) in [5.74, 6) is 0. The molecule has 0 radical (unpaired) electrons. The fraction of sp³-hybridized carbons (Fsp3) is 0.0625. The zero-order chi connectivity index (χ0) is 14.1. The maximum Gasteiger partial charge on any atom is 0.0992 e. The number of halogens is 1. The molecule has 0 bridgehead atoms. The standard InChI is InChI=1S/C16H12ClN3/c17-14-4-3-13(15(19)8-14)10-20-6-5-12-2-1-11(9-18)7-16(12)20/h1-8H,10,19H2. The van der Waals surface area contributed by atoms with E-state index in [4.69, 9.17) is 22.6 Å². The SMILES string of the molecule is N#Cc1ccc2ccn(Cc3ccc(Cl)cc3N)c2c1. The predicted octanol–water partition coefficient (Wildman–Crippen LogP) is 3.80. The second kappa shape index (κ2) is 4.92. The van der Waals surface area contributed by atoms with Crippen LogP contribution in [0, 0.1) is 11.3 Å². The molecule has 2 aromatic carbocycles. The molecule has 98 valence electrons. The molecule has 0 spiro atoms. The third kappa shape index (κ3) is 2.22. The summed E-state index contributed by atoms with van der Waals surface area (Å²) in [5, 5.41) is 10.7. The number of nitriles is 1. The Morgan fingerprint density at radius 3 is 2.75 bits per heavy atom. The van der Waals surface area contributed by atoms with Crippen LogP contribution in [0.1, 0.15) is 11.1 Å². The largest absolute Gasteiger partial charge is 0.398 e. The first kappa shape index (κ1) is 12.6. The molecule has 0 amide bonds. The van der Waals surface area contributed by atoms with Gasteiger partial charge < -0.3 is 10.3 Å². The number of hydrogen-bond donors (Lipinski definition) is 1. The monoisotopic (exact) mass is 281 g/mol. The van der Waals surface area contributed by atoms with Crippen LogP contribution in [0.15, 0.2) is 48.7 Å². The van der Waals surface area contributed by atoms with Gasteiger partial charge in [0.05, 0.1) is 11.6 Å². The average Bonchev–Trinajstić information content (AvgIpc) is 2.84. The van der Waals surface area contributed by atoms with Crippen molar-refractivity contribution in [3.63, 3.8) is 0 Å². The van der Waals surface area contributed by atoms with Crippen molar-refractivity contribution < 1.29 is 0 Å². The quantitative estimate of drug-likeness (QED) is 0.727. The summed E-state index contributed by atoms with van der Waals surface area (Å²) in [6, 6.07) is 15.4. The Balaban J connectivity index is 2.04. The van der Waals surface area contributed by atoms with Crippen molar-refractivity contribution in [3.8, 4) is 6.07 Å². The molecule has 4 heteroatoms. The lowest BCUT2D eigenvalue weighted by Gasteiger charge is -2.09. The molecule has 3 aromatic rings. The molecule has 0 fully saturated rings. The van der Waals surface area contributed by atoms with Crippen LogP contribution in [0.4, 0.5) is 5.69 Å². The van der Waals surface area contributed by atoms with E-state index in [0.29, 0.717) is 22.8 Å². The third-order valence-corrected chi connectivity index (χ3v) is 3.59. The molecule has 20 heavy (non-hydrogen) atoms. The summed E-state index contributed by atoms with van der Waals surface area (Å²) in [7, 11) is 0. The van der Waals surface area contributed by atoms with E-state index in [9.17, 15) is 0 Å². The molecule has 3 rings (SSSR count). The number of hydrogen-bond acceptors (Lipinski definition) is 2. The van der Waals surface area contributed by atoms with Gasteiger partial charge in [-0.3, -0.25) is 0 Å². The van der Waals surface area contributed by atoms with E-state index >= 15 is 0 Å². The highest BCUT2D eigenvalue weighted by Gasteiger charge is 2.05. The van der Waals surface area contributed by atoms with Crippen molar-refractivity contribution in [3.05, 3.63) is 64.8 Å². The van der Waals surface area contributed by atoms with E-state index in [-0.39, 0.29) is 0 Å². The summed E-state index contributed by atoms with van der Waals surface area (Å²) in [5.41, 5.74) is 9.35. The number of benzene rings is 2. The Bertz CT molecular complexity index is 827. The van der Waals surface area contributed by atoms with Crippen molar-refractivity contribution in [2.24, 2.45) is 0 Å². The molecule has 0 saturated carbocycles. The van der Waals surface area contributed by atoms with Gasteiger partial charge in [0, 0.05) is 29.0 Å². The van der Waals surface area contributed by atoms with E-state index in [0.717, 1.165) is 16.5 Å². The summed E-state index contributed by atoms with van der Waals surface area (Å²) in [6.45, 7) is 0.654. The molecule has 1 heterocycles. The summed E-state index contributed by atoms with van der Waals surface area (Å²) in [4.78, 5) is 0. The van der Waals surface area contributed by atoms with E-state index in [2.05, 4.69) is 10.6 Å². The first-order valence-electron chi connectivity index (χ1n) is 6.20. The van der Waals surface area contributed by atoms with Crippen LogP contribution < -0.4 is 5.73 Å². The van der Waals surface area contributed by atoms with Crippen LogP contribution in [-0.2, 0) is 6.54 Å². The van der Waals surface area contributed by atoms with Crippen molar-refractivity contribution in [2.75, 3.05) is 5.73 Å². The van der Waals surface area contributed by atoms with Crippen LogP contribution in [0.3, 0.4) is 0 Å². The number of anilines is 1. The highest BCUT2D eigenvalue weighted by molar-refractivity contribution is 6.30. The maximum absolute atomic E-state index is 9.00. The minimum absolute atomic E-state index is 0.635.